The third-order valence-electron chi connectivity index (χ3n) is 4.08. The number of carboxylic acids is 2. The van der Waals surface area contributed by atoms with Crippen LogP contribution in [-0.2, 0) is 21.0 Å². The van der Waals surface area contributed by atoms with Gasteiger partial charge in [-0.15, -0.1) is 0 Å². The van der Waals surface area contributed by atoms with Crippen molar-refractivity contribution in [2.24, 2.45) is 5.73 Å². The van der Waals surface area contributed by atoms with Crippen molar-refractivity contribution in [2.75, 3.05) is 13.1 Å². The Bertz CT molecular complexity index is 706. The van der Waals surface area contributed by atoms with Crippen LogP contribution < -0.4 is 5.73 Å². The maximum atomic E-state index is 12.0. The molecule has 2 aromatic rings. The number of nitrogens with zero attached hydrogens (tertiary/aromatic N) is 1. The molecule has 6 N–H and O–H groups in total. The summed E-state index contributed by atoms with van der Waals surface area (Å²) in [6, 6.07) is 14.5. The van der Waals surface area contributed by atoms with E-state index >= 15 is 0 Å². The third kappa shape index (κ3) is 3.18. The van der Waals surface area contributed by atoms with E-state index in [2.05, 4.69) is 0 Å². The van der Waals surface area contributed by atoms with Crippen LogP contribution in [0.5, 0.6) is 0 Å². The molecule has 0 saturated carbocycles. The Labute approximate surface area is 149 Å². The van der Waals surface area contributed by atoms with E-state index in [0.717, 1.165) is 0 Å². The highest BCUT2D eigenvalue weighted by molar-refractivity contribution is 5.83. The number of hydrogen-bond acceptors (Lipinski definition) is 6. The smallest absolute Gasteiger partial charge is 0.356 e. The van der Waals surface area contributed by atoms with Crippen LogP contribution in [0.25, 0.3) is 0 Å². The molecule has 8 nitrogen and oxygen atoms in total. The number of rotatable bonds is 8. The fourth-order valence-corrected chi connectivity index (χ4v) is 2.82. The van der Waals surface area contributed by atoms with Crippen LogP contribution in [0.3, 0.4) is 0 Å². The molecule has 2 rings (SSSR count). The highest BCUT2D eigenvalue weighted by Gasteiger charge is 2.57. The molecule has 0 aliphatic carbocycles. The Morgan fingerprint density at radius 2 is 1.15 bits per heavy atom. The van der Waals surface area contributed by atoms with E-state index < -0.39 is 29.9 Å². The second kappa shape index (κ2) is 7.63. The van der Waals surface area contributed by atoms with E-state index in [4.69, 9.17) is 5.73 Å². The first-order chi connectivity index (χ1) is 12.3. The van der Waals surface area contributed by atoms with Gasteiger partial charge in [0.2, 0.25) is 11.4 Å². The largest absolute Gasteiger partial charge is 0.478 e. The molecule has 0 fully saturated rings. The van der Waals surface area contributed by atoms with E-state index in [0.29, 0.717) is 4.90 Å². The second-order valence-corrected chi connectivity index (χ2v) is 5.63. The zero-order chi connectivity index (χ0) is 19.4. The number of nitrogens with two attached hydrogens (primary N) is 1. The number of aliphatic carboxylic acids is 2. The molecule has 0 aromatic heterocycles. The van der Waals surface area contributed by atoms with Gasteiger partial charge in [-0.05, 0) is 0 Å². The molecule has 138 valence electrons. The summed E-state index contributed by atoms with van der Waals surface area (Å²) in [4.78, 5) is 24.6. The van der Waals surface area contributed by atoms with E-state index in [1.807, 2.05) is 0 Å². The molecular formula is C18H20N2O6. The number of carbonyl (C=O) groups is 2. The highest BCUT2D eigenvalue weighted by Crippen LogP contribution is 2.37. The van der Waals surface area contributed by atoms with Crippen LogP contribution in [0, 0.1) is 0 Å². The van der Waals surface area contributed by atoms with Gasteiger partial charge >= 0.3 is 11.9 Å². The molecular weight excluding hydrogens is 340 g/mol. The lowest BCUT2D eigenvalue weighted by atomic mass is 9.93. The van der Waals surface area contributed by atoms with Gasteiger partial charge in [0.05, 0.1) is 0 Å². The Balaban J connectivity index is 2.75. The molecule has 0 bridgehead atoms. The molecule has 0 aliphatic rings. The van der Waals surface area contributed by atoms with Gasteiger partial charge in [0.25, 0.3) is 0 Å². The fraction of sp³-hybridized carbons (Fsp3) is 0.222. The van der Waals surface area contributed by atoms with Crippen molar-refractivity contribution in [3.63, 3.8) is 0 Å². The van der Waals surface area contributed by atoms with Crippen molar-refractivity contribution in [1.29, 1.82) is 0 Å². The van der Waals surface area contributed by atoms with Crippen molar-refractivity contribution in [2.45, 2.75) is 11.4 Å². The van der Waals surface area contributed by atoms with Gasteiger partial charge in [-0.25, -0.2) is 14.5 Å². The summed E-state index contributed by atoms with van der Waals surface area (Å²) in [6.07, 6.45) is 0. The summed E-state index contributed by atoms with van der Waals surface area (Å²) >= 11 is 0. The zero-order valence-corrected chi connectivity index (χ0v) is 13.8. The predicted octanol–water partition coefficient (Wildman–Crippen LogP) is 0.107. The average Bonchev–Trinajstić information content (AvgIpc) is 2.66. The molecule has 2 aromatic carbocycles. The van der Waals surface area contributed by atoms with Crippen LogP contribution in [0.15, 0.2) is 60.7 Å². The molecule has 8 heteroatoms. The van der Waals surface area contributed by atoms with Crippen LogP contribution in [0.1, 0.15) is 11.1 Å². The lowest BCUT2D eigenvalue weighted by Gasteiger charge is -2.44. The normalized spacial score (nSPS) is 15.8. The zero-order valence-electron chi connectivity index (χ0n) is 13.8. The maximum absolute atomic E-state index is 12.0. The van der Waals surface area contributed by atoms with E-state index in [9.17, 15) is 30.0 Å². The summed E-state index contributed by atoms with van der Waals surface area (Å²) in [5, 5.41) is 41.6. The fourth-order valence-electron chi connectivity index (χ4n) is 2.82. The first-order valence-electron chi connectivity index (χ1n) is 7.80. The molecule has 0 aliphatic heterocycles. The minimum absolute atomic E-state index is 0.114. The SMILES string of the molecule is NCCN(C(O)(C(=O)O)c1ccccc1)C(O)(C(=O)O)c1ccccc1. The third-order valence-corrected chi connectivity index (χ3v) is 4.08. The lowest BCUT2D eigenvalue weighted by Crippen LogP contribution is -2.65. The van der Waals surface area contributed by atoms with Crippen LogP contribution in [0.2, 0.25) is 0 Å². The summed E-state index contributed by atoms with van der Waals surface area (Å²) in [5.74, 6) is -3.49. The van der Waals surface area contributed by atoms with Crippen LogP contribution in [0.4, 0.5) is 0 Å². The number of benzene rings is 2. The van der Waals surface area contributed by atoms with E-state index in [1.165, 1.54) is 48.5 Å². The van der Waals surface area contributed by atoms with Gasteiger partial charge in [0.15, 0.2) is 0 Å². The first kappa shape index (κ1) is 19.5. The molecule has 2 unspecified atom stereocenters. The second-order valence-electron chi connectivity index (χ2n) is 5.63. The average molecular weight is 360 g/mol. The summed E-state index contributed by atoms with van der Waals surface area (Å²) < 4.78 is 0. The standard InChI is InChI=1S/C18H20N2O6/c19-11-12-20(17(25,15(21)22)13-7-3-1-4-8-13)18(26,16(23)24)14-9-5-2-6-10-14/h1-10,25-26H,11-12,19H2,(H,21,22)(H,23,24). The van der Waals surface area contributed by atoms with Crippen LogP contribution in [-0.4, -0.2) is 50.4 Å². The molecule has 26 heavy (non-hydrogen) atoms. The van der Waals surface area contributed by atoms with Crippen molar-refractivity contribution < 1.29 is 30.0 Å². The van der Waals surface area contributed by atoms with Crippen molar-refractivity contribution in [3.8, 4) is 0 Å². The van der Waals surface area contributed by atoms with Crippen molar-refractivity contribution in [3.05, 3.63) is 71.8 Å². The Hall–Kier alpha value is -2.78. The van der Waals surface area contributed by atoms with Crippen molar-refractivity contribution in [1.82, 2.24) is 4.90 Å². The van der Waals surface area contributed by atoms with Gasteiger partial charge < -0.3 is 26.2 Å². The Morgan fingerprint density at radius 1 is 0.808 bits per heavy atom. The van der Waals surface area contributed by atoms with Crippen molar-refractivity contribution >= 4 is 11.9 Å². The van der Waals surface area contributed by atoms with E-state index in [-0.39, 0.29) is 17.7 Å². The predicted molar refractivity (Wildman–Crippen MR) is 91.7 cm³/mol. The maximum Gasteiger partial charge on any atom is 0.356 e. The highest BCUT2D eigenvalue weighted by atomic mass is 16.4. The summed E-state index contributed by atoms with van der Waals surface area (Å²) in [7, 11) is 0. The van der Waals surface area contributed by atoms with Gasteiger partial charge in [-0.2, -0.15) is 0 Å². The first-order valence-corrected chi connectivity index (χ1v) is 7.80. The molecule has 0 heterocycles. The van der Waals surface area contributed by atoms with Gasteiger partial charge in [0, 0.05) is 24.2 Å². The summed E-state index contributed by atoms with van der Waals surface area (Å²) in [6.45, 7) is -0.611. The number of carboxylic acid groups (broad SMARTS) is 2. The number of aliphatic hydroxyl groups is 2. The Kier molecular flexibility index (Phi) is 5.73. The van der Waals surface area contributed by atoms with Gasteiger partial charge in [-0.3, -0.25) is 0 Å². The summed E-state index contributed by atoms with van der Waals surface area (Å²) in [5.41, 5.74) is -0.359. The lowest BCUT2D eigenvalue weighted by molar-refractivity contribution is -0.250. The quantitative estimate of drug-likeness (QED) is 0.417. The Morgan fingerprint density at radius 3 is 1.42 bits per heavy atom. The minimum atomic E-state index is -2.83. The topological polar surface area (TPSA) is 144 Å². The van der Waals surface area contributed by atoms with E-state index in [1.54, 1.807) is 12.1 Å². The monoisotopic (exact) mass is 360 g/mol. The molecule has 0 radical (unpaired) electrons. The van der Waals surface area contributed by atoms with Gasteiger partial charge in [0.1, 0.15) is 0 Å². The molecule has 0 amide bonds. The molecule has 2 atom stereocenters. The number of hydrogen-bond donors (Lipinski definition) is 5. The molecule has 0 saturated heterocycles. The molecule has 0 spiro atoms. The minimum Gasteiger partial charge on any atom is -0.478 e. The van der Waals surface area contributed by atoms with Crippen LogP contribution >= 0.6 is 0 Å². The van der Waals surface area contributed by atoms with Gasteiger partial charge in [-0.1, -0.05) is 60.7 Å².